The zero-order valence-corrected chi connectivity index (χ0v) is 12.2. The summed E-state index contributed by atoms with van der Waals surface area (Å²) in [6, 6.07) is 2.40. The van der Waals surface area contributed by atoms with E-state index in [4.69, 9.17) is 0 Å². The van der Waals surface area contributed by atoms with Gasteiger partial charge in [0.25, 0.3) is 5.92 Å². The van der Waals surface area contributed by atoms with E-state index in [2.05, 4.69) is 4.74 Å². The van der Waals surface area contributed by atoms with Crippen molar-refractivity contribution < 1.29 is 31.1 Å². The van der Waals surface area contributed by atoms with E-state index in [1.54, 1.807) is 0 Å². The van der Waals surface area contributed by atoms with Crippen molar-refractivity contribution in [1.29, 1.82) is 0 Å². The molecule has 9 heteroatoms. The predicted octanol–water partition coefficient (Wildman–Crippen LogP) is 1.25. The van der Waals surface area contributed by atoms with Gasteiger partial charge in [0.1, 0.15) is 11.9 Å². The number of alkyl halides is 2. The molecule has 0 spiro atoms. The van der Waals surface area contributed by atoms with Gasteiger partial charge in [-0.2, -0.15) is 4.31 Å². The van der Waals surface area contributed by atoms with Gasteiger partial charge in [-0.15, -0.1) is 0 Å². The highest BCUT2D eigenvalue weighted by Gasteiger charge is 2.78. The van der Waals surface area contributed by atoms with Crippen molar-refractivity contribution in [2.45, 2.75) is 16.9 Å². The average Bonchev–Trinajstić information content (AvgIpc) is 2.85. The fraction of sp³-hybridized carbons (Fsp3) is 0.462. The maximum Gasteiger partial charge on any atom is 0.324 e. The highest BCUT2D eigenvalue weighted by Crippen LogP contribution is 2.63. The Morgan fingerprint density at radius 2 is 1.91 bits per heavy atom. The molecule has 1 heterocycles. The highest BCUT2D eigenvalue weighted by atomic mass is 32.2. The molecule has 0 radical (unpaired) electrons. The Bertz CT molecular complexity index is 719. The highest BCUT2D eigenvalue weighted by molar-refractivity contribution is 7.89. The van der Waals surface area contributed by atoms with Gasteiger partial charge in [0.2, 0.25) is 10.0 Å². The van der Waals surface area contributed by atoms with Crippen LogP contribution in [0.5, 0.6) is 0 Å². The summed E-state index contributed by atoms with van der Waals surface area (Å²) in [4.78, 5) is 11.5. The van der Waals surface area contributed by atoms with E-state index in [0.717, 1.165) is 35.7 Å². The Labute approximate surface area is 124 Å². The lowest BCUT2D eigenvalue weighted by Crippen LogP contribution is -2.46. The molecule has 2 aliphatic rings. The lowest BCUT2D eigenvalue weighted by atomic mass is 10.2. The normalized spacial score (nSPS) is 29.9. The third kappa shape index (κ3) is 2.03. The van der Waals surface area contributed by atoms with Crippen LogP contribution in [0.3, 0.4) is 0 Å². The number of hydrogen-bond acceptors (Lipinski definition) is 4. The van der Waals surface area contributed by atoms with Crippen molar-refractivity contribution in [2.24, 2.45) is 11.8 Å². The number of ether oxygens (including phenoxy) is 1. The number of piperidine rings is 1. The molecular weight excluding hydrogens is 323 g/mol. The minimum absolute atomic E-state index is 0.257. The van der Waals surface area contributed by atoms with Crippen LogP contribution in [0.2, 0.25) is 0 Å². The number of rotatable bonds is 3. The molecule has 0 N–H and O–H groups in total. The summed E-state index contributed by atoms with van der Waals surface area (Å²) in [6.45, 7) is -0.461. The summed E-state index contributed by atoms with van der Waals surface area (Å²) in [5.41, 5.74) is 0. The number of nitrogens with zero attached hydrogens (tertiary/aromatic N) is 1. The van der Waals surface area contributed by atoms with E-state index in [1.165, 1.54) is 0 Å². The molecule has 22 heavy (non-hydrogen) atoms. The second kappa shape index (κ2) is 4.69. The van der Waals surface area contributed by atoms with Crippen LogP contribution in [0, 0.1) is 17.7 Å². The largest absolute Gasteiger partial charge is 0.468 e. The van der Waals surface area contributed by atoms with Crippen LogP contribution in [0.4, 0.5) is 13.2 Å². The molecule has 3 rings (SSSR count). The van der Waals surface area contributed by atoms with E-state index in [1.807, 2.05) is 0 Å². The average molecular weight is 335 g/mol. The SMILES string of the molecule is COC(=O)[C@@H]1C2C(CN1S(=O)(=O)c1ccc(F)cc1)C2(F)F. The van der Waals surface area contributed by atoms with E-state index in [0.29, 0.717) is 0 Å². The first-order valence-electron chi connectivity index (χ1n) is 6.44. The summed E-state index contributed by atoms with van der Waals surface area (Å²) in [5.74, 6) is -7.26. The van der Waals surface area contributed by atoms with E-state index >= 15 is 0 Å². The van der Waals surface area contributed by atoms with Gasteiger partial charge >= 0.3 is 5.97 Å². The number of sulfonamides is 1. The molecule has 0 aromatic heterocycles. The summed E-state index contributed by atoms with van der Waals surface area (Å²) in [6.07, 6.45) is 0. The third-order valence-corrected chi connectivity index (χ3v) is 6.01. The van der Waals surface area contributed by atoms with E-state index in [9.17, 15) is 26.4 Å². The molecule has 0 bridgehead atoms. The molecular formula is C13H12F3NO4S. The molecule has 120 valence electrons. The topological polar surface area (TPSA) is 63.7 Å². The van der Waals surface area contributed by atoms with Gasteiger partial charge < -0.3 is 4.74 Å². The van der Waals surface area contributed by atoms with Crippen LogP contribution < -0.4 is 0 Å². The zero-order valence-electron chi connectivity index (χ0n) is 11.4. The minimum Gasteiger partial charge on any atom is -0.468 e. The molecule has 1 aliphatic carbocycles. The predicted molar refractivity (Wildman–Crippen MR) is 68.0 cm³/mol. The number of fused-ring (bicyclic) bond motifs is 1. The standard InChI is InChI=1S/C13H12F3NO4S/c1-21-12(18)11-10-9(13(10,15)16)6-17(11)22(19,20)8-4-2-7(14)3-5-8/h2-5,9-11H,6H2,1H3/t9?,10?,11-/m0/s1. The first kappa shape index (κ1) is 15.3. The van der Waals surface area contributed by atoms with Crippen LogP contribution in [0.1, 0.15) is 0 Å². The molecule has 0 amide bonds. The Balaban J connectivity index is 1.97. The molecule has 3 atom stereocenters. The number of carbonyl (C=O) groups excluding carboxylic acids is 1. The van der Waals surface area contributed by atoms with Crippen LogP contribution in [-0.2, 0) is 19.6 Å². The number of hydrogen-bond donors (Lipinski definition) is 0. The molecule has 1 saturated heterocycles. The Morgan fingerprint density at radius 1 is 1.32 bits per heavy atom. The van der Waals surface area contributed by atoms with Gasteiger partial charge in [0, 0.05) is 12.5 Å². The molecule has 2 unspecified atom stereocenters. The summed E-state index contributed by atoms with van der Waals surface area (Å²) >= 11 is 0. The van der Waals surface area contributed by atoms with Gasteiger partial charge in [-0.25, -0.2) is 21.6 Å². The van der Waals surface area contributed by atoms with Crippen molar-refractivity contribution in [3.63, 3.8) is 0 Å². The smallest absolute Gasteiger partial charge is 0.324 e. The Morgan fingerprint density at radius 3 is 2.45 bits per heavy atom. The van der Waals surface area contributed by atoms with Crippen LogP contribution >= 0.6 is 0 Å². The lowest BCUT2D eigenvalue weighted by Gasteiger charge is -2.26. The van der Waals surface area contributed by atoms with Crippen LogP contribution in [0.25, 0.3) is 0 Å². The van der Waals surface area contributed by atoms with Crippen molar-refractivity contribution in [3.8, 4) is 0 Å². The number of methoxy groups -OCH3 is 1. The molecule has 1 aromatic carbocycles. The maximum absolute atomic E-state index is 13.5. The molecule has 1 saturated carbocycles. The van der Waals surface area contributed by atoms with Gasteiger partial charge in [-0.3, -0.25) is 4.79 Å². The van der Waals surface area contributed by atoms with E-state index in [-0.39, 0.29) is 4.90 Å². The number of esters is 1. The minimum atomic E-state index is -4.18. The Kier molecular flexibility index (Phi) is 3.26. The number of halogens is 3. The fourth-order valence-corrected chi connectivity index (χ4v) is 4.57. The fourth-order valence-electron chi connectivity index (χ4n) is 2.94. The van der Waals surface area contributed by atoms with Crippen molar-refractivity contribution in [2.75, 3.05) is 13.7 Å². The molecule has 1 aromatic rings. The summed E-state index contributed by atoms with van der Waals surface area (Å²) < 4.78 is 70.1. The molecule has 2 fully saturated rings. The summed E-state index contributed by atoms with van der Waals surface area (Å²) in [7, 11) is -3.17. The second-order valence-electron chi connectivity index (χ2n) is 5.30. The molecule has 5 nitrogen and oxygen atoms in total. The Hall–Kier alpha value is -1.61. The van der Waals surface area contributed by atoms with Gasteiger partial charge in [-0.05, 0) is 24.3 Å². The van der Waals surface area contributed by atoms with Gasteiger partial charge in [0.15, 0.2) is 0 Å². The van der Waals surface area contributed by atoms with Gasteiger partial charge in [-0.1, -0.05) is 0 Å². The van der Waals surface area contributed by atoms with Crippen molar-refractivity contribution in [3.05, 3.63) is 30.1 Å². The van der Waals surface area contributed by atoms with Gasteiger partial charge in [0.05, 0.1) is 17.9 Å². The lowest BCUT2D eigenvalue weighted by molar-refractivity contribution is -0.146. The quantitative estimate of drug-likeness (QED) is 0.780. The third-order valence-electron chi connectivity index (χ3n) is 4.15. The summed E-state index contributed by atoms with van der Waals surface area (Å²) in [5, 5.41) is 0. The monoisotopic (exact) mass is 335 g/mol. The first-order valence-corrected chi connectivity index (χ1v) is 7.88. The zero-order chi connectivity index (χ0) is 16.3. The van der Waals surface area contributed by atoms with Crippen molar-refractivity contribution >= 4 is 16.0 Å². The van der Waals surface area contributed by atoms with Crippen LogP contribution in [-0.4, -0.2) is 44.3 Å². The first-order chi connectivity index (χ1) is 10.2. The van der Waals surface area contributed by atoms with E-state index < -0.39 is 52.2 Å². The molecule has 1 aliphatic heterocycles. The number of benzene rings is 1. The number of carbonyl (C=O) groups is 1. The van der Waals surface area contributed by atoms with Crippen molar-refractivity contribution in [1.82, 2.24) is 4.31 Å². The maximum atomic E-state index is 13.5. The van der Waals surface area contributed by atoms with Crippen LogP contribution in [0.15, 0.2) is 29.2 Å². The second-order valence-corrected chi connectivity index (χ2v) is 7.19.